The molecule has 0 amide bonds. The van der Waals surface area contributed by atoms with Crippen LogP contribution in [0.25, 0.3) is 0 Å². The molecule has 5 nitrogen and oxygen atoms in total. The molecule has 0 aliphatic heterocycles. The van der Waals surface area contributed by atoms with E-state index in [2.05, 4.69) is 9.76 Å². The fraction of sp³-hybridized carbons (Fsp3) is 1.00. The minimum atomic E-state index is -4.58. The molecule has 7 heteroatoms. The van der Waals surface area contributed by atoms with Crippen LogP contribution in [0.5, 0.6) is 0 Å². The molecule has 1 fully saturated rings. The second-order valence-corrected chi connectivity index (χ2v) is 3.93. The van der Waals surface area contributed by atoms with Gasteiger partial charge in [-0.1, -0.05) is 19.3 Å². The van der Waals surface area contributed by atoms with Gasteiger partial charge in [0.1, 0.15) is 0 Å². The zero-order valence-electron chi connectivity index (χ0n) is 7.65. The molecule has 0 spiro atoms. The van der Waals surface area contributed by atoms with Gasteiger partial charge in [0.25, 0.3) is 0 Å². The summed E-state index contributed by atoms with van der Waals surface area (Å²) in [6.45, 7) is 0. The van der Waals surface area contributed by atoms with Crippen molar-refractivity contribution in [2.45, 2.75) is 38.1 Å². The molecule has 0 saturated heterocycles. The smallest absolute Gasteiger partial charge is 0.724 e. The molecule has 0 atom stereocenters. The molecule has 72 valence electrons. The van der Waals surface area contributed by atoms with Crippen molar-refractivity contribution >= 4 is 10.4 Å². The molecule has 0 unspecified atom stereocenters. The largest absolute Gasteiger partial charge is 1.00 e. The van der Waals surface area contributed by atoms with Crippen LogP contribution in [0.3, 0.4) is 0 Å². The van der Waals surface area contributed by atoms with E-state index in [1.807, 2.05) is 0 Å². The zero-order chi connectivity index (χ0) is 9.03. The Labute approximate surface area is 100 Å². The molecule has 13 heavy (non-hydrogen) atoms. The van der Waals surface area contributed by atoms with Crippen LogP contribution in [0.15, 0.2) is 0 Å². The van der Waals surface area contributed by atoms with Crippen LogP contribution in [0.4, 0.5) is 0 Å². The van der Waals surface area contributed by atoms with Gasteiger partial charge < -0.3 is 4.55 Å². The summed E-state index contributed by atoms with van der Waals surface area (Å²) < 4.78 is 34.0. The number of hydrogen-bond donors (Lipinski definition) is 1. The molecule has 0 bridgehead atoms. The first-order valence-corrected chi connectivity index (χ1v) is 5.31. The third-order valence-electron chi connectivity index (χ3n) is 1.92. The third kappa shape index (κ3) is 6.84. The maximum atomic E-state index is 10.0. The predicted molar refractivity (Wildman–Crippen MR) is 40.8 cm³/mol. The van der Waals surface area contributed by atoms with Crippen LogP contribution in [-0.4, -0.2) is 19.0 Å². The Kier molecular flexibility index (Phi) is 6.74. The second-order valence-electron chi connectivity index (χ2n) is 2.94. The van der Waals surface area contributed by atoms with E-state index < -0.39 is 10.4 Å². The number of nitrogens with one attached hydrogen (secondary N) is 1. The van der Waals surface area contributed by atoms with E-state index in [4.69, 9.17) is 0 Å². The van der Waals surface area contributed by atoms with Crippen molar-refractivity contribution in [1.82, 2.24) is 5.48 Å². The minimum Gasteiger partial charge on any atom is -0.724 e. The van der Waals surface area contributed by atoms with Crippen molar-refractivity contribution in [1.29, 1.82) is 0 Å². The average Bonchev–Trinajstić information content (AvgIpc) is 2.02. The summed E-state index contributed by atoms with van der Waals surface area (Å²) in [5.41, 5.74) is 2.26. The molecule has 1 N–H and O–H groups in total. The normalized spacial score (nSPS) is 19.5. The van der Waals surface area contributed by atoms with E-state index in [9.17, 15) is 13.0 Å². The fourth-order valence-electron chi connectivity index (χ4n) is 1.35. The molecule has 0 radical (unpaired) electrons. The van der Waals surface area contributed by atoms with Crippen molar-refractivity contribution in [3.63, 3.8) is 0 Å². The minimum absolute atomic E-state index is 0. The van der Waals surface area contributed by atoms with E-state index in [0.29, 0.717) is 0 Å². The summed E-state index contributed by atoms with van der Waals surface area (Å²) in [4.78, 5) is 0. The van der Waals surface area contributed by atoms with Gasteiger partial charge in [0.15, 0.2) is 0 Å². The Morgan fingerprint density at radius 1 is 1.23 bits per heavy atom. The number of rotatable bonds is 3. The van der Waals surface area contributed by atoms with Crippen molar-refractivity contribution in [3.8, 4) is 0 Å². The van der Waals surface area contributed by atoms with Crippen LogP contribution >= 0.6 is 0 Å². The first-order chi connectivity index (χ1) is 5.58. The molecule has 1 saturated carbocycles. The Morgan fingerprint density at radius 2 is 1.77 bits per heavy atom. The molecule has 0 aromatic rings. The van der Waals surface area contributed by atoms with Crippen LogP contribution in [-0.2, 0) is 14.7 Å². The van der Waals surface area contributed by atoms with Crippen LogP contribution in [0, 0.1) is 0 Å². The first-order valence-electron chi connectivity index (χ1n) is 3.98. The molecular formula is C6H12NNaO4S. The van der Waals surface area contributed by atoms with Gasteiger partial charge in [-0.15, -0.1) is 0 Å². The van der Waals surface area contributed by atoms with Gasteiger partial charge in [0.05, 0.1) is 0 Å². The average molecular weight is 217 g/mol. The Hall–Kier alpha value is 0.830. The van der Waals surface area contributed by atoms with Crippen molar-refractivity contribution < 1.29 is 46.8 Å². The fourth-order valence-corrected chi connectivity index (χ4v) is 1.60. The molecule has 0 heterocycles. The van der Waals surface area contributed by atoms with Crippen molar-refractivity contribution in [3.05, 3.63) is 0 Å². The predicted octanol–water partition coefficient (Wildman–Crippen LogP) is -2.70. The quantitative estimate of drug-likeness (QED) is 0.241. The molecule has 0 aromatic carbocycles. The second kappa shape index (κ2) is 6.34. The Balaban J connectivity index is 0.00000144. The molecule has 0 aromatic heterocycles. The Morgan fingerprint density at radius 3 is 2.23 bits per heavy atom. The first kappa shape index (κ1) is 13.8. The van der Waals surface area contributed by atoms with E-state index in [-0.39, 0.29) is 35.6 Å². The van der Waals surface area contributed by atoms with Gasteiger partial charge in [0, 0.05) is 6.04 Å². The van der Waals surface area contributed by atoms with Gasteiger partial charge >= 0.3 is 29.6 Å². The van der Waals surface area contributed by atoms with Crippen LogP contribution in [0.1, 0.15) is 32.1 Å². The summed E-state index contributed by atoms with van der Waals surface area (Å²) in [6, 6.07) is 0.0162. The van der Waals surface area contributed by atoms with Gasteiger partial charge in [0.2, 0.25) is 10.4 Å². The van der Waals surface area contributed by atoms with Gasteiger partial charge in [-0.2, -0.15) is 9.76 Å². The zero-order valence-corrected chi connectivity index (χ0v) is 10.5. The summed E-state index contributed by atoms with van der Waals surface area (Å²) in [5.74, 6) is 0. The number of hydrogen-bond acceptors (Lipinski definition) is 5. The molecule has 1 aliphatic carbocycles. The van der Waals surface area contributed by atoms with Gasteiger partial charge in [-0.05, 0) is 12.8 Å². The molecule has 1 rings (SSSR count). The SMILES string of the molecule is O=S(=O)([O-])ONC1CCCCC1.[Na+]. The van der Waals surface area contributed by atoms with Gasteiger partial charge in [-0.25, -0.2) is 8.42 Å². The summed E-state index contributed by atoms with van der Waals surface area (Å²) >= 11 is 0. The van der Waals surface area contributed by atoms with Crippen molar-refractivity contribution in [2.24, 2.45) is 0 Å². The molecular weight excluding hydrogens is 205 g/mol. The summed E-state index contributed by atoms with van der Waals surface area (Å²) in [6.07, 6.45) is 5.02. The Bertz CT molecular complexity index is 225. The van der Waals surface area contributed by atoms with Gasteiger partial charge in [-0.3, -0.25) is 0 Å². The van der Waals surface area contributed by atoms with Crippen LogP contribution in [0.2, 0.25) is 0 Å². The maximum absolute atomic E-state index is 10.0. The maximum Gasteiger partial charge on any atom is 1.00 e. The molecule has 1 aliphatic rings. The van der Waals surface area contributed by atoms with E-state index in [1.54, 1.807) is 0 Å². The van der Waals surface area contributed by atoms with E-state index in [1.165, 1.54) is 6.42 Å². The monoisotopic (exact) mass is 217 g/mol. The van der Waals surface area contributed by atoms with Crippen LogP contribution < -0.4 is 35.0 Å². The van der Waals surface area contributed by atoms with E-state index in [0.717, 1.165) is 25.7 Å². The van der Waals surface area contributed by atoms with Crippen molar-refractivity contribution in [2.75, 3.05) is 0 Å². The van der Waals surface area contributed by atoms with E-state index >= 15 is 0 Å². The number of hydroxylamine groups is 1. The summed E-state index contributed by atoms with van der Waals surface area (Å²) in [5, 5.41) is 0. The summed E-state index contributed by atoms with van der Waals surface area (Å²) in [7, 11) is -4.58. The standard InChI is InChI=1S/C6H13NO4S.Na/c8-12(9,10)11-7-6-4-2-1-3-5-6;/h6-7H,1-5H2,(H,8,9,10);/q;+1/p-1. The third-order valence-corrected chi connectivity index (χ3v) is 2.22. The topological polar surface area (TPSA) is 78.5 Å².